The van der Waals surface area contributed by atoms with Crippen molar-refractivity contribution < 1.29 is 13.9 Å². The van der Waals surface area contributed by atoms with Gasteiger partial charge in [-0.3, -0.25) is 4.79 Å². The molecule has 19 heavy (non-hydrogen) atoms. The summed E-state index contributed by atoms with van der Waals surface area (Å²) in [6.45, 7) is 4.05. The van der Waals surface area contributed by atoms with Gasteiger partial charge in [-0.1, -0.05) is 0 Å². The van der Waals surface area contributed by atoms with Gasteiger partial charge in [0, 0.05) is 32.0 Å². The molecule has 1 unspecified atom stereocenters. The Hall–Kier alpha value is -1.72. The number of ether oxygens (including phenoxy) is 1. The largest absolute Gasteiger partial charge is 0.441 e. The highest BCUT2D eigenvalue weighted by Gasteiger charge is 2.19. The lowest BCUT2D eigenvalue weighted by Crippen LogP contribution is -2.39. The lowest BCUT2D eigenvalue weighted by Gasteiger charge is -2.22. The molecule has 0 spiro atoms. The molecule has 1 N–H and O–H groups in total. The summed E-state index contributed by atoms with van der Waals surface area (Å²) in [5.74, 6) is 0.684. The molecule has 0 saturated carbocycles. The maximum absolute atomic E-state index is 12.2. The van der Waals surface area contributed by atoms with Gasteiger partial charge in [0.15, 0.2) is 17.3 Å². The molecular weight excluding hydrogens is 244 g/mol. The van der Waals surface area contributed by atoms with Gasteiger partial charge in [-0.05, 0) is 18.2 Å². The number of oxazole rings is 1. The molecule has 2 aromatic rings. The zero-order valence-electron chi connectivity index (χ0n) is 10.8. The number of rotatable bonds is 3. The standard InChI is InChI=1S/C14H16N2O3/c1-9-16-12-3-2-10(6-14(12)19-9)13(17)7-11-8-15-4-5-18-11/h2-3,6,11,15H,4-5,7-8H2,1H3. The van der Waals surface area contributed by atoms with Crippen molar-refractivity contribution in [1.82, 2.24) is 10.3 Å². The molecule has 0 bridgehead atoms. The van der Waals surface area contributed by atoms with Gasteiger partial charge in [0.1, 0.15) is 5.52 Å². The highest BCUT2D eigenvalue weighted by molar-refractivity contribution is 5.98. The Bertz CT molecular complexity index is 600. The van der Waals surface area contributed by atoms with E-state index in [-0.39, 0.29) is 11.9 Å². The Morgan fingerprint density at radius 3 is 3.21 bits per heavy atom. The van der Waals surface area contributed by atoms with Crippen molar-refractivity contribution in [3.63, 3.8) is 0 Å². The fourth-order valence-corrected chi connectivity index (χ4v) is 2.29. The summed E-state index contributed by atoms with van der Waals surface area (Å²) in [4.78, 5) is 16.4. The van der Waals surface area contributed by atoms with Crippen LogP contribution in [0, 0.1) is 6.92 Å². The van der Waals surface area contributed by atoms with E-state index in [1.54, 1.807) is 19.1 Å². The van der Waals surface area contributed by atoms with Gasteiger partial charge in [-0.25, -0.2) is 4.98 Å². The second-order valence-electron chi connectivity index (χ2n) is 4.74. The minimum absolute atomic E-state index is 0.0339. The normalized spacial score (nSPS) is 19.7. The van der Waals surface area contributed by atoms with E-state index in [0.717, 1.165) is 18.6 Å². The summed E-state index contributed by atoms with van der Waals surface area (Å²) >= 11 is 0. The first kappa shape index (κ1) is 12.3. The van der Waals surface area contributed by atoms with E-state index >= 15 is 0 Å². The van der Waals surface area contributed by atoms with Crippen molar-refractivity contribution in [2.45, 2.75) is 19.4 Å². The zero-order chi connectivity index (χ0) is 13.2. The van der Waals surface area contributed by atoms with Crippen LogP contribution in [-0.2, 0) is 4.74 Å². The summed E-state index contributed by atoms with van der Waals surface area (Å²) in [5, 5.41) is 3.22. The summed E-state index contributed by atoms with van der Waals surface area (Å²) in [7, 11) is 0. The van der Waals surface area contributed by atoms with Crippen LogP contribution < -0.4 is 5.32 Å². The van der Waals surface area contributed by atoms with Crippen LogP contribution in [0.2, 0.25) is 0 Å². The van der Waals surface area contributed by atoms with Crippen molar-refractivity contribution in [1.29, 1.82) is 0 Å². The molecular formula is C14H16N2O3. The van der Waals surface area contributed by atoms with Crippen molar-refractivity contribution in [3.05, 3.63) is 29.7 Å². The van der Waals surface area contributed by atoms with Crippen LogP contribution in [0.3, 0.4) is 0 Å². The molecule has 1 aromatic carbocycles. The van der Waals surface area contributed by atoms with Crippen molar-refractivity contribution in [3.8, 4) is 0 Å². The number of morpholine rings is 1. The molecule has 3 rings (SSSR count). The Morgan fingerprint density at radius 2 is 2.42 bits per heavy atom. The smallest absolute Gasteiger partial charge is 0.192 e. The maximum Gasteiger partial charge on any atom is 0.192 e. The second-order valence-corrected chi connectivity index (χ2v) is 4.74. The minimum atomic E-state index is -0.0339. The third kappa shape index (κ3) is 2.67. The number of hydrogen-bond donors (Lipinski definition) is 1. The third-order valence-electron chi connectivity index (χ3n) is 3.23. The molecule has 100 valence electrons. The molecule has 1 aromatic heterocycles. The Kier molecular flexibility index (Phi) is 3.31. The van der Waals surface area contributed by atoms with Crippen LogP contribution in [0.25, 0.3) is 11.1 Å². The van der Waals surface area contributed by atoms with Gasteiger partial charge in [0.2, 0.25) is 0 Å². The lowest BCUT2D eigenvalue weighted by molar-refractivity contribution is 0.0240. The number of aryl methyl sites for hydroxylation is 1. The summed E-state index contributed by atoms with van der Waals surface area (Å²) in [6.07, 6.45) is 0.361. The Balaban J connectivity index is 1.76. The van der Waals surface area contributed by atoms with Gasteiger partial charge in [0.25, 0.3) is 0 Å². The number of aromatic nitrogens is 1. The molecule has 0 aliphatic carbocycles. The van der Waals surface area contributed by atoms with Crippen LogP contribution in [0.1, 0.15) is 22.7 Å². The van der Waals surface area contributed by atoms with Crippen molar-refractivity contribution in [2.75, 3.05) is 19.7 Å². The van der Waals surface area contributed by atoms with E-state index in [4.69, 9.17) is 9.15 Å². The monoisotopic (exact) mass is 260 g/mol. The van der Waals surface area contributed by atoms with Crippen LogP contribution >= 0.6 is 0 Å². The minimum Gasteiger partial charge on any atom is -0.441 e. The number of benzene rings is 1. The third-order valence-corrected chi connectivity index (χ3v) is 3.23. The molecule has 1 fully saturated rings. The SMILES string of the molecule is Cc1nc2ccc(C(=O)CC3CNCCO3)cc2o1. The van der Waals surface area contributed by atoms with Gasteiger partial charge >= 0.3 is 0 Å². The van der Waals surface area contributed by atoms with Crippen LogP contribution in [0.15, 0.2) is 22.6 Å². The van der Waals surface area contributed by atoms with Crippen LogP contribution in [0.4, 0.5) is 0 Å². The lowest BCUT2D eigenvalue weighted by atomic mass is 10.0. The number of nitrogens with zero attached hydrogens (tertiary/aromatic N) is 1. The van der Waals surface area contributed by atoms with Crippen molar-refractivity contribution in [2.24, 2.45) is 0 Å². The predicted octanol–water partition coefficient (Wildman–Crippen LogP) is 1.70. The Labute approximate surface area is 111 Å². The van der Waals surface area contributed by atoms with Gasteiger partial charge in [-0.2, -0.15) is 0 Å². The van der Waals surface area contributed by atoms with E-state index in [0.29, 0.717) is 30.1 Å². The van der Waals surface area contributed by atoms with Crippen LogP contribution in [0.5, 0.6) is 0 Å². The summed E-state index contributed by atoms with van der Waals surface area (Å²) in [6, 6.07) is 5.37. The first-order valence-corrected chi connectivity index (χ1v) is 6.45. The van der Waals surface area contributed by atoms with Gasteiger partial charge in [-0.15, -0.1) is 0 Å². The number of hydrogen-bond acceptors (Lipinski definition) is 5. The molecule has 5 heteroatoms. The number of carbonyl (C=O) groups is 1. The zero-order valence-corrected chi connectivity index (χ0v) is 10.8. The van der Waals surface area contributed by atoms with E-state index in [9.17, 15) is 4.79 Å². The van der Waals surface area contributed by atoms with E-state index in [1.807, 2.05) is 6.07 Å². The highest BCUT2D eigenvalue weighted by atomic mass is 16.5. The average Bonchev–Trinajstić information content (AvgIpc) is 2.78. The molecule has 2 heterocycles. The number of ketones is 1. The van der Waals surface area contributed by atoms with E-state index in [2.05, 4.69) is 10.3 Å². The van der Waals surface area contributed by atoms with E-state index in [1.165, 1.54) is 0 Å². The van der Waals surface area contributed by atoms with Crippen molar-refractivity contribution >= 4 is 16.9 Å². The Morgan fingerprint density at radius 1 is 1.53 bits per heavy atom. The summed E-state index contributed by atoms with van der Waals surface area (Å²) < 4.78 is 11.0. The first-order valence-electron chi connectivity index (χ1n) is 6.45. The van der Waals surface area contributed by atoms with Gasteiger partial charge < -0.3 is 14.5 Å². The number of nitrogens with one attached hydrogen (secondary N) is 1. The molecule has 1 atom stereocenters. The van der Waals surface area contributed by atoms with Crippen LogP contribution in [-0.4, -0.2) is 36.6 Å². The fraction of sp³-hybridized carbons (Fsp3) is 0.429. The molecule has 1 aliphatic rings. The quantitative estimate of drug-likeness (QED) is 0.851. The fourth-order valence-electron chi connectivity index (χ4n) is 2.29. The highest BCUT2D eigenvalue weighted by Crippen LogP contribution is 2.18. The molecule has 0 radical (unpaired) electrons. The summed E-state index contributed by atoms with van der Waals surface area (Å²) in [5.41, 5.74) is 2.09. The number of carbonyl (C=O) groups excluding carboxylic acids is 1. The topological polar surface area (TPSA) is 64.4 Å². The molecule has 0 amide bonds. The predicted molar refractivity (Wildman–Crippen MR) is 70.3 cm³/mol. The average molecular weight is 260 g/mol. The number of fused-ring (bicyclic) bond motifs is 1. The van der Waals surface area contributed by atoms with Gasteiger partial charge in [0.05, 0.1) is 12.7 Å². The molecule has 1 saturated heterocycles. The number of Topliss-reactive ketones (excluding diaryl/α,β-unsaturated/α-hetero) is 1. The molecule has 5 nitrogen and oxygen atoms in total. The molecule has 1 aliphatic heterocycles. The maximum atomic E-state index is 12.2. The first-order chi connectivity index (χ1) is 9.22. The van der Waals surface area contributed by atoms with E-state index < -0.39 is 0 Å². The second kappa shape index (κ2) is 5.11.